The topological polar surface area (TPSA) is 49.9 Å². The number of anilines is 1. The van der Waals surface area contributed by atoms with Crippen LogP contribution in [0.2, 0.25) is 0 Å². The maximum absolute atomic E-state index is 4.97. The summed E-state index contributed by atoms with van der Waals surface area (Å²) in [6.07, 6.45) is 2.72. The first-order valence-electron chi connectivity index (χ1n) is 4.08. The highest BCUT2D eigenvalue weighted by Crippen LogP contribution is 2.03. The molecule has 4 nitrogen and oxygen atoms in total. The number of aromatic amines is 1. The predicted octanol–water partition coefficient (Wildman–Crippen LogP) is 1.25. The SMILES string of the molecule is COCCC(C)Nc1ccn[nH]1. The summed E-state index contributed by atoms with van der Waals surface area (Å²) in [5, 5.41) is 9.94. The Bertz CT molecular complexity index is 198. The molecule has 0 aliphatic heterocycles. The number of hydrogen-bond acceptors (Lipinski definition) is 3. The van der Waals surface area contributed by atoms with Crippen molar-refractivity contribution in [2.24, 2.45) is 0 Å². The first-order valence-corrected chi connectivity index (χ1v) is 4.08. The Hall–Kier alpha value is -1.03. The molecule has 0 aromatic carbocycles. The quantitative estimate of drug-likeness (QED) is 0.697. The molecule has 0 aliphatic rings. The monoisotopic (exact) mass is 169 g/mol. The Labute approximate surface area is 72.3 Å². The minimum atomic E-state index is 0.408. The van der Waals surface area contributed by atoms with Crippen molar-refractivity contribution < 1.29 is 4.74 Å². The van der Waals surface area contributed by atoms with Crippen LogP contribution in [-0.4, -0.2) is 30.0 Å². The molecular formula is C8H15N3O. The van der Waals surface area contributed by atoms with Crippen LogP contribution in [-0.2, 0) is 4.74 Å². The summed E-state index contributed by atoms with van der Waals surface area (Å²) in [4.78, 5) is 0. The molecule has 0 amide bonds. The van der Waals surface area contributed by atoms with Gasteiger partial charge >= 0.3 is 0 Å². The molecule has 68 valence electrons. The third kappa shape index (κ3) is 2.92. The first-order chi connectivity index (χ1) is 5.83. The van der Waals surface area contributed by atoms with Gasteiger partial charge in [0.15, 0.2) is 0 Å². The molecule has 1 rings (SSSR count). The van der Waals surface area contributed by atoms with Crippen LogP contribution in [0.5, 0.6) is 0 Å². The van der Waals surface area contributed by atoms with Crippen molar-refractivity contribution in [1.82, 2.24) is 10.2 Å². The van der Waals surface area contributed by atoms with Crippen LogP contribution in [0.3, 0.4) is 0 Å². The zero-order valence-electron chi connectivity index (χ0n) is 7.50. The highest BCUT2D eigenvalue weighted by molar-refractivity contribution is 5.32. The fourth-order valence-electron chi connectivity index (χ4n) is 0.969. The van der Waals surface area contributed by atoms with Gasteiger partial charge in [0.05, 0.1) is 6.20 Å². The molecule has 0 fully saturated rings. The largest absolute Gasteiger partial charge is 0.385 e. The Kier molecular flexibility index (Phi) is 3.60. The van der Waals surface area contributed by atoms with Crippen LogP contribution < -0.4 is 5.32 Å². The molecule has 0 saturated carbocycles. The van der Waals surface area contributed by atoms with Gasteiger partial charge in [0, 0.05) is 19.8 Å². The highest BCUT2D eigenvalue weighted by Gasteiger charge is 2.00. The zero-order chi connectivity index (χ0) is 8.81. The second-order valence-corrected chi connectivity index (χ2v) is 2.80. The van der Waals surface area contributed by atoms with E-state index in [1.807, 2.05) is 6.07 Å². The molecule has 1 unspecified atom stereocenters. The lowest BCUT2D eigenvalue weighted by Crippen LogP contribution is -2.17. The summed E-state index contributed by atoms with van der Waals surface area (Å²) in [5.41, 5.74) is 0. The molecule has 12 heavy (non-hydrogen) atoms. The van der Waals surface area contributed by atoms with E-state index in [1.165, 1.54) is 0 Å². The van der Waals surface area contributed by atoms with E-state index in [0.717, 1.165) is 18.8 Å². The van der Waals surface area contributed by atoms with E-state index in [4.69, 9.17) is 4.74 Å². The number of methoxy groups -OCH3 is 1. The summed E-state index contributed by atoms with van der Waals surface area (Å²) in [6.45, 7) is 2.89. The van der Waals surface area contributed by atoms with Crippen molar-refractivity contribution in [2.75, 3.05) is 19.0 Å². The lowest BCUT2D eigenvalue weighted by Gasteiger charge is -2.12. The van der Waals surface area contributed by atoms with E-state index in [2.05, 4.69) is 22.4 Å². The van der Waals surface area contributed by atoms with E-state index in [1.54, 1.807) is 13.3 Å². The first kappa shape index (κ1) is 9.06. The summed E-state index contributed by atoms with van der Waals surface area (Å²) >= 11 is 0. The van der Waals surface area contributed by atoms with Gasteiger partial charge in [-0.2, -0.15) is 5.10 Å². The van der Waals surface area contributed by atoms with E-state index >= 15 is 0 Å². The van der Waals surface area contributed by atoms with Gasteiger partial charge in [-0.25, -0.2) is 0 Å². The van der Waals surface area contributed by atoms with Crippen molar-refractivity contribution in [3.05, 3.63) is 12.3 Å². The van der Waals surface area contributed by atoms with Crippen LogP contribution in [0, 0.1) is 0 Å². The Morgan fingerprint density at radius 2 is 2.58 bits per heavy atom. The lowest BCUT2D eigenvalue weighted by molar-refractivity contribution is 0.191. The normalized spacial score (nSPS) is 12.8. The van der Waals surface area contributed by atoms with Gasteiger partial charge in [0.25, 0.3) is 0 Å². The van der Waals surface area contributed by atoms with Gasteiger partial charge < -0.3 is 10.1 Å². The van der Waals surface area contributed by atoms with Crippen molar-refractivity contribution in [1.29, 1.82) is 0 Å². The average molecular weight is 169 g/mol. The molecule has 0 spiro atoms. The van der Waals surface area contributed by atoms with Gasteiger partial charge in [-0.15, -0.1) is 0 Å². The van der Waals surface area contributed by atoms with E-state index in [9.17, 15) is 0 Å². The zero-order valence-corrected chi connectivity index (χ0v) is 7.50. The third-order valence-electron chi connectivity index (χ3n) is 1.66. The Morgan fingerprint density at radius 1 is 1.75 bits per heavy atom. The number of nitrogens with one attached hydrogen (secondary N) is 2. The van der Waals surface area contributed by atoms with Crippen molar-refractivity contribution in [3.63, 3.8) is 0 Å². The maximum Gasteiger partial charge on any atom is 0.121 e. The molecule has 0 aliphatic carbocycles. The second-order valence-electron chi connectivity index (χ2n) is 2.80. The molecule has 1 heterocycles. The summed E-state index contributed by atoms with van der Waals surface area (Å²) in [6, 6.07) is 2.31. The Balaban J connectivity index is 2.22. The molecule has 0 radical (unpaired) electrons. The predicted molar refractivity (Wildman–Crippen MR) is 48.2 cm³/mol. The van der Waals surface area contributed by atoms with Gasteiger partial charge in [0.2, 0.25) is 0 Å². The Morgan fingerprint density at radius 3 is 3.17 bits per heavy atom. The average Bonchev–Trinajstić information content (AvgIpc) is 2.53. The number of ether oxygens (including phenoxy) is 1. The van der Waals surface area contributed by atoms with Crippen molar-refractivity contribution in [2.45, 2.75) is 19.4 Å². The van der Waals surface area contributed by atoms with E-state index in [-0.39, 0.29) is 0 Å². The highest BCUT2D eigenvalue weighted by atomic mass is 16.5. The lowest BCUT2D eigenvalue weighted by atomic mass is 10.2. The van der Waals surface area contributed by atoms with Crippen LogP contribution in [0.15, 0.2) is 12.3 Å². The second kappa shape index (κ2) is 4.77. The molecular weight excluding hydrogens is 154 g/mol. The minimum Gasteiger partial charge on any atom is -0.385 e. The molecule has 1 aromatic heterocycles. The molecule has 1 aromatic rings. The van der Waals surface area contributed by atoms with Gasteiger partial charge in [-0.3, -0.25) is 5.10 Å². The summed E-state index contributed by atoms with van der Waals surface area (Å²) in [7, 11) is 1.71. The molecule has 0 saturated heterocycles. The van der Waals surface area contributed by atoms with E-state index in [0.29, 0.717) is 6.04 Å². The van der Waals surface area contributed by atoms with Gasteiger partial charge in [-0.05, 0) is 19.4 Å². The van der Waals surface area contributed by atoms with Crippen LogP contribution in [0.1, 0.15) is 13.3 Å². The van der Waals surface area contributed by atoms with Gasteiger partial charge in [0.1, 0.15) is 5.82 Å². The summed E-state index contributed by atoms with van der Waals surface area (Å²) < 4.78 is 4.97. The molecule has 1 atom stereocenters. The van der Waals surface area contributed by atoms with Crippen molar-refractivity contribution >= 4 is 5.82 Å². The fraction of sp³-hybridized carbons (Fsp3) is 0.625. The van der Waals surface area contributed by atoms with Crippen molar-refractivity contribution in [3.8, 4) is 0 Å². The van der Waals surface area contributed by atoms with Gasteiger partial charge in [-0.1, -0.05) is 0 Å². The maximum atomic E-state index is 4.97. The number of nitrogens with zero attached hydrogens (tertiary/aromatic N) is 1. The number of H-pyrrole nitrogens is 1. The fourth-order valence-corrected chi connectivity index (χ4v) is 0.969. The summed E-state index contributed by atoms with van der Waals surface area (Å²) in [5.74, 6) is 0.957. The van der Waals surface area contributed by atoms with E-state index < -0.39 is 0 Å². The smallest absolute Gasteiger partial charge is 0.121 e. The number of aromatic nitrogens is 2. The van der Waals surface area contributed by atoms with Crippen LogP contribution in [0.25, 0.3) is 0 Å². The number of hydrogen-bond donors (Lipinski definition) is 2. The number of rotatable bonds is 5. The van der Waals surface area contributed by atoms with Crippen LogP contribution in [0.4, 0.5) is 5.82 Å². The minimum absolute atomic E-state index is 0.408. The standard InChI is InChI=1S/C8H15N3O/c1-7(4-6-12-2)10-8-3-5-9-11-8/h3,5,7H,4,6H2,1-2H3,(H2,9,10,11). The molecule has 4 heteroatoms. The van der Waals surface area contributed by atoms with Crippen LogP contribution >= 0.6 is 0 Å². The molecule has 2 N–H and O–H groups in total. The molecule has 0 bridgehead atoms. The third-order valence-corrected chi connectivity index (χ3v) is 1.66.